The molecule has 0 fully saturated rings. The Morgan fingerprint density at radius 3 is 2.71 bits per heavy atom. The van der Waals surface area contributed by atoms with Crippen molar-refractivity contribution in [3.8, 4) is 0 Å². The number of rotatable bonds is 5. The van der Waals surface area contributed by atoms with Gasteiger partial charge in [-0.05, 0) is 41.8 Å². The van der Waals surface area contributed by atoms with E-state index in [1.807, 2.05) is 19.1 Å². The zero-order valence-corrected chi connectivity index (χ0v) is 13.4. The highest BCUT2D eigenvalue weighted by atomic mass is 19.4. The molecule has 132 valence electrons. The summed E-state index contributed by atoms with van der Waals surface area (Å²) in [6.45, 7) is 1.28. The van der Waals surface area contributed by atoms with Gasteiger partial charge >= 0.3 is 6.36 Å². The van der Waals surface area contributed by atoms with Gasteiger partial charge in [0.25, 0.3) is 0 Å². The summed E-state index contributed by atoms with van der Waals surface area (Å²) in [6.07, 6.45) is -1.66. The van der Waals surface area contributed by atoms with Crippen molar-refractivity contribution in [2.45, 2.75) is 19.5 Å². The lowest BCUT2D eigenvalue weighted by Crippen LogP contribution is -2.30. The lowest BCUT2D eigenvalue weighted by Gasteiger charge is -2.28. The molecule has 0 radical (unpaired) electrons. The number of benzene rings is 1. The van der Waals surface area contributed by atoms with E-state index in [1.165, 1.54) is 0 Å². The van der Waals surface area contributed by atoms with Crippen LogP contribution in [0.25, 0.3) is 5.57 Å². The predicted molar refractivity (Wildman–Crippen MR) is 86.9 cm³/mol. The quantitative estimate of drug-likeness (QED) is 0.566. The summed E-state index contributed by atoms with van der Waals surface area (Å²) in [4.78, 5) is 1.67. The van der Waals surface area contributed by atoms with Crippen LogP contribution in [0.4, 0.5) is 24.5 Å². The van der Waals surface area contributed by atoms with Gasteiger partial charge in [0.15, 0.2) is 0 Å². The highest BCUT2D eigenvalue weighted by Gasteiger charge is 2.28. The van der Waals surface area contributed by atoms with Gasteiger partial charge in [-0.15, -0.1) is 13.2 Å². The molecule has 0 aromatic heterocycles. The molecule has 1 atom stereocenters. The molecule has 0 saturated carbocycles. The van der Waals surface area contributed by atoms with Crippen LogP contribution in [0.1, 0.15) is 12.5 Å². The number of nitrogens with zero attached hydrogens (tertiary/aromatic N) is 1. The van der Waals surface area contributed by atoms with Crippen LogP contribution >= 0.6 is 0 Å². The molecular weight excluding hydrogens is 323 g/mol. The third kappa shape index (κ3) is 4.65. The minimum absolute atomic E-state index is 0.0281. The molecular formula is C16H20F3N3O2. The van der Waals surface area contributed by atoms with Gasteiger partial charge in [0, 0.05) is 19.8 Å². The first-order valence-electron chi connectivity index (χ1n) is 7.32. The summed E-state index contributed by atoms with van der Waals surface area (Å²) in [5, 5.41) is 12.7. The molecule has 0 spiro atoms. The molecule has 1 aromatic rings. The van der Waals surface area contributed by atoms with Gasteiger partial charge in [0.05, 0.1) is 18.0 Å². The Labute approximate surface area is 138 Å². The number of nitrogens with two attached hydrogens (primary N) is 1. The van der Waals surface area contributed by atoms with Crippen molar-refractivity contribution in [3.05, 3.63) is 41.6 Å². The molecule has 1 aliphatic heterocycles. The molecule has 8 heteroatoms. The van der Waals surface area contributed by atoms with Crippen molar-refractivity contribution >= 4 is 16.9 Å². The zero-order chi connectivity index (χ0) is 17.9. The van der Waals surface area contributed by atoms with Gasteiger partial charge in [-0.2, -0.15) is 0 Å². The standard InChI is InChI=1S/C16H20F3N3O2/c1-10-7-12(9-22(2)15(10)23)11-3-4-13(20)14(8-11)21-5-6-24-16(17,18)19/h3-4,7-9,15,21,23H,5-6,20H2,1-2H3. The first kappa shape index (κ1) is 18.2. The van der Waals surface area contributed by atoms with E-state index >= 15 is 0 Å². The number of anilines is 2. The number of aliphatic hydroxyl groups excluding tert-OH is 1. The number of aliphatic hydroxyl groups is 1. The van der Waals surface area contributed by atoms with Crippen LogP contribution in [-0.2, 0) is 4.74 Å². The molecule has 0 saturated heterocycles. The van der Waals surface area contributed by atoms with Crippen LogP contribution in [0.3, 0.4) is 0 Å². The molecule has 24 heavy (non-hydrogen) atoms. The van der Waals surface area contributed by atoms with E-state index in [4.69, 9.17) is 5.73 Å². The molecule has 1 aromatic carbocycles. The molecule has 1 heterocycles. The summed E-state index contributed by atoms with van der Waals surface area (Å²) < 4.78 is 39.6. The summed E-state index contributed by atoms with van der Waals surface area (Å²) in [7, 11) is 1.76. The van der Waals surface area contributed by atoms with E-state index < -0.39 is 19.2 Å². The van der Waals surface area contributed by atoms with Gasteiger partial charge in [0.1, 0.15) is 6.23 Å². The van der Waals surface area contributed by atoms with Crippen LogP contribution < -0.4 is 11.1 Å². The number of alkyl halides is 3. The van der Waals surface area contributed by atoms with Crippen molar-refractivity contribution in [2.75, 3.05) is 31.2 Å². The highest BCUT2D eigenvalue weighted by molar-refractivity contribution is 5.80. The number of likely N-dealkylation sites (N-methyl/N-ethyl adjacent to an activating group) is 1. The summed E-state index contributed by atoms with van der Waals surface area (Å²) in [5.41, 5.74) is 9.30. The number of nitrogens with one attached hydrogen (secondary N) is 1. The zero-order valence-electron chi connectivity index (χ0n) is 13.4. The molecule has 0 bridgehead atoms. The first-order valence-corrected chi connectivity index (χ1v) is 7.32. The summed E-state index contributed by atoms with van der Waals surface area (Å²) >= 11 is 0. The third-order valence-electron chi connectivity index (χ3n) is 3.59. The molecule has 0 aliphatic carbocycles. The largest absolute Gasteiger partial charge is 0.522 e. The Hall–Kier alpha value is -2.19. The first-order chi connectivity index (χ1) is 11.2. The van der Waals surface area contributed by atoms with Crippen LogP contribution in [0, 0.1) is 0 Å². The average Bonchev–Trinajstić information content (AvgIpc) is 2.49. The molecule has 4 N–H and O–H groups in total. The summed E-state index contributed by atoms with van der Waals surface area (Å²) in [5.74, 6) is 0. The number of allylic oxidation sites excluding steroid dienone is 2. The van der Waals surface area contributed by atoms with Gasteiger partial charge in [-0.25, -0.2) is 0 Å². The SMILES string of the molecule is CC1=CC(c2ccc(N)c(NCCOC(F)(F)F)c2)=CN(C)C1O. The van der Waals surface area contributed by atoms with Crippen LogP contribution in [-0.4, -0.2) is 42.8 Å². The molecule has 2 rings (SSSR count). The Morgan fingerprint density at radius 1 is 1.38 bits per heavy atom. The van der Waals surface area contributed by atoms with Crippen LogP contribution in [0.2, 0.25) is 0 Å². The van der Waals surface area contributed by atoms with Crippen molar-refractivity contribution < 1.29 is 23.0 Å². The fourth-order valence-electron chi connectivity index (χ4n) is 2.37. The number of hydrogen-bond donors (Lipinski definition) is 3. The normalized spacial score (nSPS) is 18.2. The van der Waals surface area contributed by atoms with Gasteiger partial charge in [-0.1, -0.05) is 6.07 Å². The lowest BCUT2D eigenvalue weighted by molar-refractivity contribution is -0.322. The smallest absolute Gasteiger partial charge is 0.397 e. The monoisotopic (exact) mass is 343 g/mol. The van der Waals surface area contributed by atoms with E-state index in [2.05, 4.69) is 10.1 Å². The maximum absolute atomic E-state index is 12.0. The molecule has 5 nitrogen and oxygen atoms in total. The molecule has 0 amide bonds. The lowest BCUT2D eigenvalue weighted by atomic mass is 9.99. The average molecular weight is 343 g/mol. The molecule has 1 unspecified atom stereocenters. The second kappa shape index (κ2) is 7.14. The van der Waals surface area contributed by atoms with E-state index in [1.54, 1.807) is 30.3 Å². The number of ether oxygens (including phenoxy) is 1. The number of halogens is 3. The van der Waals surface area contributed by atoms with E-state index in [0.717, 1.165) is 16.7 Å². The van der Waals surface area contributed by atoms with Gasteiger partial charge in [-0.3, -0.25) is 4.74 Å². The minimum atomic E-state index is -4.64. The Bertz CT molecular complexity index is 656. The fourth-order valence-corrected chi connectivity index (χ4v) is 2.37. The van der Waals surface area contributed by atoms with Crippen molar-refractivity contribution in [1.82, 2.24) is 4.90 Å². The minimum Gasteiger partial charge on any atom is -0.397 e. The number of nitrogen functional groups attached to an aromatic ring is 1. The topological polar surface area (TPSA) is 70.8 Å². The van der Waals surface area contributed by atoms with E-state index in [9.17, 15) is 18.3 Å². The Balaban J connectivity index is 2.10. The fraction of sp³-hybridized carbons (Fsp3) is 0.375. The van der Waals surface area contributed by atoms with Crippen molar-refractivity contribution in [3.63, 3.8) is 0 Å². The maximum Gasteiger partial charge on any atom is 0.522 e. The van der Waals surface area contributed by atoms with Gasteiger partial charge in [0.2, 0.25) is 0 Å². The predicted octanol–water partition coefficient (Wildman–Crippen LogP) is 2.77. The van der Waals surface area contributed by atoms with Crippen molar-refractivity contribution in [1.29, 1.82) is 0 Å². The van der Waals surface area contributed by atoms with Crippen LogP contribution in [0.5, 0.6) is 0 Å². The van der Waals surface area contributed by atoms with E-state index in [-0.39, 0.29) is 6.54 Å². The highest BCUT2D eigenvalue weighted by Crippen LogP contribution is 2.29. The second-order valence-electron chi connectivity index (χ2n) is 5.53. The Kier molecular flexibility index (Phi) is 5.40. The van der Waals surface area contributed by atoms with Gasteiger partial charge < -0.3 is 21.1 Å². The second-order valence-corrected chi connectivity index (χ2v) is 5.53. The van der Waals surface area contributed by atoms with Crippen molar-refractivity contribution in [2.24, 2.45) is 0 Å². The number of hydrogen-bond acceptors (Lipinski definition) is 5. The Morgan fingerprint density at radius 2 is 2.08 bits per heavy atom. The maximum atomic E-state index is 12.0. The van der Waals surface area contributed by atoms with E-state index in [0.29, 0.717) is 11.4 Å². The summed E-state index contributed by atoms with van der Waals surface area (Å²) in [6, 6.07) is 5.25. The third-order valence-corrected chi connectivity index (χ3v) is 3.59. The van der Waals surface area contributed by atoms with Crippen LogP contribution in [0.15, 0.2) is 36.0 Å². The molecule has 1 aliphatic rings.